The minimum absolute atomic E-state index is 1.18. The van der Waals surface area contributed by atoms with E-state index < -0.39 is 11.5 Å². The predicted octanol–water partition coefficient (Wildman–Crippen LogP) is 4.56. The monoisotopic (exact) mass is 290 g/mol. The third-order valence-electron chi connectivity index (χ3n) is 4.06. The lowest BCUT2D eigenvalue weighted by atomic mass is 10.2. The van der Waals surface area contributed by atoms with Crippen molar-refractivity contribution in [1.82, 2.24) is 0 Å². The van der Waals surface area contributed by atoms with E-state index in [4.69, 9.17) is 23.6 Å². The van der Waals surface area contributed by atoms with Gasteiger partial charge in [0.25, 0.3) is 0 Å². The molecule has 0 radical (unpaired) electrons. The van der Waals surface area contributed by atoms with E-state index in [0.29, 0.717) is 0 Å². The lowest BCUT2D eigenvalue weighted by Crippen LogP contribution is -2.16. The lowest BCUT2D eigenvalue weighted by Gasteiger charge is -2.44. The molecule has 16 heavy (non-hydrogen) atoms. The predicted molar refractivity (Wildman–Crippen MR) is 84.8 cm³/mol. The fourth-order valence-corrected chi connectivity index (χ4v) is 18.0. The van der Waals surface area contributed by atoms with Crippen LogP contribution in [0.4, 0.5) is 0 Å². The second-order valence-corrected chi connectivity index (χ2v) is 20.5. The fraction of sp³-hybridized carbons (Fsp3) is 0.667. The molecular weight excluding hydrogens is 270 g/mol. The normalized spacial score (nSPS) is 40.0. The molecule has 0 bridgehead atoms. The Kier molecular flexibility index (Phi) is 3.44. The molecule has 2 aliphatic heterocycles. The van der Waals surface area contributed by atoms with E-state index >= 15 is 0 Å². The molecule has 0 saturated heterocycles. The molecule has 0 fully saturated rings. The van der Waals surface area contributed by atoms with E-state index in [1.54, 1.807) is 22.3 Å². The van der Waals surface area contributed by atoms with Gasteiger partial charge in [0.15, 0.2) is 0 Å². The summed E-state index contributed by atoms with van der Waals surface area (Å²) in [5, 5.41) is 0. The van der Waals surface area contributed by atoms with Gasteiger partial charge in [-0.1, -0.05) is 45.9 Å². The van der Waals surface area contributed by atoms with Crippen LogP contribution in [0, 0.1) is 0 Å². The molecule has 0 atom stereocenters. The molecule has 0 nitrogen and oxygen atoms in total. The number of hydrogen-bond donors (Lipinski definition) is 0. The maximum Gasteiger partial charge on any atom is 0.00222 e. The Morgan fingerprint density at radius 1 is 0.625 bits per heavy atom. The van der Waals surface area contributed by atoms with Crippen LogP contribution in [-0.4, -0.2) is 24.6 Å². The zero-order valence-electron chi connectivity index (χ0n) is 10.5. The largest absolute Gasteiger partial charge is 0.0912 e. The molecule has 0 saturated carbocycles. The topological polar surface area (TPSA) is 0 Å². The van der Waals surface area contributed by atoms with Gasteiger partial charge in [0.05, 0.1) is 0 Å². The van der Waals surface area contributed by atoms with Gasteiger partial charge in [-0.2, -0.15) is 0 Å². The summed E-state index contributed by atoms with van der Waals surface area (Å²) in [6.45, 7) is 9.07. The van der Waals surface area contributed by atoms with Crippen LogP contribution < -0.4 is 0 Å². The third-order valence-corrected chi connectivity index (χ3v) is 23.0. The average Bonchev–Trinajstić information content (AvgIpc) is 2.12. The van der Waals surface area contributed by atoms with Gasteiger partial charge in [0, 0.05) is 24.6 Å². The summed E-state index contributed by atoms with van der Waals surface area (Å²) >= 11 is 12.2. The third kappa shape index (κ3) is 1.97. The number of fused-ring (bicyclic) bond motifs is 1. The van der Waals surface area contributed by atoms with Crippen LogP contribution in [0.25, 0.3) is 0 Å². The van der Waals surface area contributed by atoms with Crippen molar-refractivity contribution in [1.29, 1.82) is 0 Å². The van der Waals surface area contributed by atoms with Crippen molar-refractivity contribution in [2.24, 2.45) is 0 Å². The van der Waals surface area contributed by atoms with Crippen molar-refractivity contribution in [3.05, 3.63) is 22.3 Å². The van der Waals surface area contributed by atoms with Crippen LogP contribution in [0.5, 0.6) is 0 Å². The minimum atomic E-state index is -1.27. The molecule has 0 aromatic carbocycles. The van der Waals surface area contributed by atoms with Crippen molar-refractivity contribution in [2.75, 3.05) is 24.6 Å². The highest BCUT2D eigenvalue weighted by Crippen LogP contribution is 2.86. The average molecular weight is 290 g/mol. The molecule has 0 spiro atoms. The van der Waals surface area contributed by atoms with Crippen molar-refractivity contribution < 1.29 is 0 Å². The van der Waals surface area contributed by atoms with Crippen LogP contribution in [0.15, 0.2) is 22.3 Å². The summed E-state index contributed by atoms with van der Waals surface area (Å²) < 4.78 is 0. The molecule has 0 N–H and O–H groups in total. The standard InChI is InChI=1S/C12H20P2S2/c1-9-5-13(15)7-11(3)12(4)8-14(13,16)6-10(9)2/h5-8H2,1-4H3. The summed E-state index contributed by atoms with van der Waals surface area (Å²) in [6.07, 6.45) is 4.71. The summed E-state index contributed by atoms with van der Waals surface area (Å²) in [5.74, 6) is 0. The smallest absolute Gasteiger partial charge is 0.00222 e. The molecule has 2 rings (SSSR count). The Labute approximate surface area is 109 Å². The van der Waals surface area contributed by atoms with E-state index in [1.165, 1.54) is 24.6 Å². The van der Waals surface area contributed by atoms with Gasteiger partial charge in [0.2, 0.25) is 0 Å². The Bertz CT molecular complexity index is 415. The highest BCUT2D eigenvalue weighted by Gasteiger charge is 2.41. The molecule has 0 aromatic rings. The highest BCUT2D eigenvalue weighted by atomic mass is 32.8. The molecule has 4 heteroatoms. The van der Waals surface area contributed by atoms with Crippen molar-refractivity contribution in [3.63, 3.8) is 0 Å². The first-order valence-corrected chi connectivity index (χ1v) is 12.8. The summed E-state index contributed by atoms with van der Waals surface area (Å²) in [6, 6.07) is 0. The van der Waals surface area contributed by atoms with Crippen LogP contribution in [0.2, 0.25) is 0 Å². The second kappa shape index (κ2) is 4.16. The van der Waals surface area contributed by atoms with Gasteiger partial charge in [-0.15, -0.1) is 0 Å². The number of hydrogen-bond acceptors (Lipinski definition) is 2. The van der Waals surface area contributed by atoms with Gasteiger partial charge in [-0.05, 0) is 39.1 Å². The molecule has 0 unspecified atom stereocenters. The molecule has 0 aromatic heterocycles. The van der Waals surface area contributed by atoms with E-state index in [2.05, 4.69) is 27.7 Å². The zero-order valence-corrected chi connectivity index (χ0v) is 14.0. The number of allylic oxidation sites excluding steroid dienone is 4. The maximum absolute atomic E-state index is 6.09. The summed E-state index contributed by atoms with van der Waals surface area (Å²) in [4.78, 5) is 0. The van der Waals surface area contributed by atoms with Crippen LogP contribution >= 0.6 is 11.5 Å². The van der Waals surface area contributed by atoms with E-state index in [9.17, 15) is 0 Å². The van der Waals surface area contributed by atoms with E-state index in [0.717, 1.165) is 0 Å². The highest BCUT2D eigenvalue weighted by molar-refractivity contribution is 8.66. The SMILES string of the molecule is CC1=C(C)CP2(=S)CC(C)=C(C)CP2(=S)C1. The van der Waals surface area contributed by atoms with Gasteiger partial charge < -0.3 is 0 Å². The van der Waals surface area contributed by atoms with Gasteiger partial charge in [-0.3, -0.25) is 0 Å². The first kappa shape index (κ1) is 13.2. The van der Waals surface area contributed by atoms with Crippen molar-refractivity contribution in [2.45, 2.75) is 27.7 Å². The zero-order chi connectivity index (χ0) is 12.1. The Balaban J connectivity index is 2.53. The molecule has 0 amide bonds. The quantitative estimate of drug-likeness (QED) is 0.474. The molecule has 2 aliphatic rings. The van der Waals surface area contributed by atoms with E-state index in [1.807, 2.05) is 0 Å². The molecule has 2 heterocycles. The Hall–Kier alpha value is 0.780. The van der Waals surface area contributed by atoms with Gasteiger partial charge in [-0.25, -0.2) is 0 Å². The minimum Gasteiger partial charge on any atom is -0.0912 e. The molecule has 0 aliphatic carbocycles. The fourth-order valence-electron chi connectivity index (χ4n) is 2.65. The lowest BCUT2D eigenvalue weighted by molar-refractivity contribution is 1.18. The molecule has 90 valence electrons. The first-order chi connectivity index (χ1) is 7.27. The van der Waals surface area contributed by atoms with Gasteiger partial charge in [0.1, 0.15) is 0 Å². The van der Waals surface area contributed by atoms with Crippen molar-refractivity contribution >= 4 is 35.1 Å². The first-order valence-electron chi connectivity index (χ1n) is 5.74. The summed E-state index contributed by atoms with van der Waals surface area (Å²) in [5.41, 5.74) is 3.66. The maximum atomic E-state index is 6.09. The Morgan fingerprint density at radius 3 is 1.00 bits per heavy atom. The van der Waals surface area contributed by atoms with E-state index in [-0.39, 0.29) is 0 Å². The second-order valence-electron chi connectivity index (χ2n) is 5.45. The summed E-state index contributed by atoms with van der Waals surface area (Å²) in [7, 11) is 0. The number of rotatable bonds is 0. The van der Waals surface area contributed by atoms with Crippen LogP contribution in [0.1, 0.15) is 27.7 Å². The molecular formula is C12H20P2S2. The van der Waals surface area contributed by atoms with Crippen LogP contribution in [0.3, 0.4) is 0 Å². The van der Waals surface area contributed by atoms with Gasteiger partial charge >= 0.3 is 0 Å². The van der Waals surface area contributed by atoms with Crippen LogP contribution in [-0.2, 0) is 23.6 Å². The van der Waals surface area contributed by atoms with Crippen molar-refractivity contribution in [3.8, 4) is 0 Å². The Morgan fingerprint density at radius 2 is 0.812 bits per heavy atom.